The third-order valence-corrected chi connectivity index (χ3v) is 5.34. The first-order valence-electron chi connectivity index (χ1n) is 9.79. The van der Waals surface area contributed by atoms with E-state index in [4.69, 9.17) is 18.3 Å². The van der Waals surface area contributed by atoms with Crippen LogP contribution in [-0.4, -0.2) is 19.1 Å². The number of amides is 1. The third-order valence-electron chi connectivity index (χ3n) is 5.34. The van der Waals surface area contributed by atoms with E-state index in [0.29, 0.717) is 39.7 Å². The number of para-hydroxylation sites is 1. The van der Waals surface area contributed by atoms with Crippen LogP contribution < -0.4 is 20.4 Å². The first kappa shape index (κ1) is 19.0. The summed E-state index contributed by atoms with van der Waals surface area (Å²) < 4.78 is 22.6. The van der Waals surface area contributed by atoms with Gasteiger partial charge in [-0.1, -0.05) is 12.1 Å². The number of nitrogens with one attached hydrogen (secondary N) is 1. The lowest BCUT2D eigenvalue weighted by Gasteiger charge is -2.17. The van der Waals surface area contributed by atoms with Gasteiger partial charge in [0.15, 0.2) is 6.10 Å². The molecule has 0 unspecified atom stereocenters. The number of ether oxygens (including phenoxy) is 2. The van der Waals surface area contributed by atoms with Crippen LogP contribution in [0.4, 0.5) is 5.69 Å². The van der Waals surface area contributed by atoms with Gasteiger partial charge in [-0.15, -0.1) is 0 Å². The number of rotatable bonds is 4. The quantitative estimate of drug-likeness (QED) is 0.500. The lowest BCUT2D eigenvalue weighted by Crippen LogP contribution is -2.35. The third kappa shape index (κ3) is 3.24. The van der Waals surface area contributed by atoms with Gasteiger partial charge in [0.05, 0.1) is 24.0 Å². The average Bonchev–Trinajstić information content (AvgIpc) is 3.38. The van der Waals surface area contributed by atoms with Crippen molar-refractivity contribution < 1.29 is 23.1 Å². The first-order chi connectivity index (χ1) is 15.0. The minimum absolute atomic E-state index is 0.280. The molecule has 1 aliphatic rings. The molecule has 2 aromatic carbocycles. The minimum Gasteiger partial charge on any atom is -0.497 e. The summed E-state index contributed by atoms with van der Waals surface area (Å²) in [6, 6.07) is 17.6. The van der Waals surface area contributed by atoms with Crippen LogP contribution in [0.15, 0.2) is 74.3 Å². The van der Waals surface area contributed by atoms with Crippen LogP contribution in [-0.2, 0) is 4.79 Å². The Bertz CT molecular complexity index is 1330. The van der Waals surface area contributed by atoms with Crippen molar-refractivity contribution in [3.05, 3.63) is 88.2 Å². The second-order valence-corrected chi connectivity index (χ2v) is 7.31. The number of anilines is 1. The van der Waals surface area contributed by atoms with Gasteiger partial charge in [-0.3, -0.25) is 4.79 Å². The van der Waals surface area contributed by atoms with Crippen molar-refractivity contribution in [1.29, 1.82) is 0 Å². The highest BCUT2D eigenvalue weighted by atomic mass is 16.5. The highest BCUT2D eigenvalue weighted by Gasteiger charge is 2.45. The zero-order chi connectivity index (χ0) is 21.5. The molecule has 4 aromatic rings. The molecule has 0 fully saturated rings. The summed E-state index contributed by atoms with van der Waals surface area (Å²) in [6.45, 7) is 1.80. The average molecular weight is 417 g/mol. The maximum Gasteiger partial charge on any atom is 0.344 e. The molecule has 7 nitrogen and oxygen atoms in total. The monoisotopic (exact) mass is 417 g/mol. The van der Waals surface area contributed by atoms with Crippen LogP contribution >= 0.6 is 0 Å². The maximum atomic E-state index is 13.2. The van der Waals surface area contributed by atoms with Crippen LogP contribution in [0.1, 0.15) is 23.0 Å². The molecule has 0 aliphatic carbocycles. The largest absolute Gasteiger partial charge is 0.497 e. The molecule has 0 radical (unpaired) electrons. The van der Waals surface area contributed by atoms with Gasteiger partial charge in [-0.25, -0.2) is 4.79 Å². The van der Waals surface area contributed by atoms with Gasteiger partial charge in [0, 0.05) is 5.69 Å². The highest BCUT2D eigenvalue weighted by molar-refractivity contribution is 5.97. The predicted molar refractivity (Wildman–Crippen MR) is 114 cm³/mol. The molecule has 3 heterocycles. The Hall–Kier alpha value is -4.00. The van der Waals surface area contributed by atoms with E-state index >= 15 is 0 Å². The molecule has 0 spiro atoms. The van der Waals surface area contributed by atoms with Crippen molar-refractivity contribution in [2.24, 2.45) is 0 Å². The topological polar surface area (TPSA) is 90.9 Å². The van der Waals surface area contributed by atoms with Crippen LogP contribution in [0, 0.1) is 6.92 Å². The fourth-order valence-electron chi connectivity index (χ4n) is 3.88. The Morgan fingerprint density at radius 3 is 2.48 bits per heavy atom. The van der Waals surface area contributed by atoms with Crippen molar-refractivity contribution in [3.63, 3.8) is 0 Å². The molecule has 156 valence electrons. The Balaban J connectivity index is 1.58. The molecular weight excluding hydrogens is 398 g/mol. The molecule has 0 bridgehead atoms. The van der Waals surface area contributed by atoms with E-state index < -0.39 is 23.6 Å². The van der Waals surface area contributed by atoms with Crippen molar-refractivity contribution in [2.45, 2.75) is 18.9 Å². The zero-order valence-electron chi connectivity index (χ0n) is 16.9. The van der Waals surface area contributed by atoms with Crippen molar-refractivity contribution in [2.75, 3.05) is 12.4 Å². The lowest BCUT2D eigenvalue weighted by molar-refractivity contribution is -0.122. The maximum absolute atomic E-state index is 13.2. The Kier molecular flexibility index (Phi) is 4.51. The number of carbonyl (C=O) groups excluding carboxylic acids is 1. The minimum atomic E-state index is -1.00. The van der Waals surface area contributed by atoms with Crippen LogP contribution in [0.3, 0.4) is 0 Å². The van der Waals surface area contributed by atoms with Crippen molar-refractivity contribution in [3.8, 4) is 11.5 Å². The molecule has 1 aliphatic heterocycles. The van der Waals surface area contributed by atoms with Gasteiger partial charge in [0.1, 0.15) is 28.6 Å². The predicted octanol–water partition coefficient (Wildman–Crippen LogP) is 4.23. The summed E-state index contributed by atoms with van der Waals surface area (Å²) in [4.78, 5) is 26.1. The Morgan fingerprint density at radius 1 is 1.00 bits per heavy atom. The van der Waals surface area contributed by atoms with Crippen LogP contribution in [0.5, 0.6) is 11.5 Å². The van der Waals surface area contributed by atoms with Crippen LogP contribution in [0.25, 0.3) is 11.0 Å². The first-order valence-corrected chi connectivity index (χ1v) is 9.79. The molecule has 2 atom stereocenters. The van der Waals surface area contributed by atoms with Gasteiger partial charge in [0.2, 0.25) is 0 Å². The second kappa shape index (κ2) is 7.36. The molecule has 7 heteroatoms. The molecule has 5 rings (SSSR count). The second-order valence-electron chi connectivity index (χ2n) is 7.31. The zero-order valence-corrected chi connectivity index (χ0v) is 16.9. The molecule has 2 aromatic heterocycles. The highest BCUT2D eigenvalue weighted by Crippen LogP contribution is 2.44. The molecular formula is C24H19NO6. The Morgan fingerprint density at radius 2 is 1.77 bits per heavy atom. The molecule has 1 amide bonds. The fraction of sp³-hybridized carbons (Fsp3) is 0.167. The van der Waals surface area contributed by atoms with E-state index in [9.17, 15) is 9.59 Å². The summed E-state index contributed by atoms with van der Waals surface area (Å²) in [6.07, 6.45) is -1.00. The molecule has 31 heavy (non-hydrogen) atoms. The van der Waals surface area contributed by atoms with Gasteiger partial charge in [0.25, 0.3) is 5.91 Å². The van der Waals surface area contributed by atoms with Crippen LogP contribution in [0.2, 0.25) is 0 Å². The SMILES string of the molecule is COc1ccc(NC(=O)[C@@H]2Oc3c(c(=O)oc4ccccc34)[C@H]2c2ccc(C)o2)cc1. The molecule has 0 saturated heterocycles. The van der Waals surface area contributed by atoms with Crippen molar-refractivity contribution >= 4 is 22.6 Å². The van der Waals surface area contributed by atoms with Gasteiger partial charge in [-0.2, -0.15) is 0 Å². The smallest absolute Gasteiger partial charge is 0.344 e. The Labute approximate surface area is 177 Å². The van der Waals surface area contributed by atoms with E-state index in [-0.39, 0.29) is 5.56 Å². The number of benzene rings is 2. The number of hydrogen-bond donors (Lipinski definition) is 1. The summed E-state index contributed by atoms with van der Waals surface area (Å²) >= 11 is 0. The number of hydrogen-bond acceptors (Lipinski definition) is 6. The van der Waals surface area contributed by atoms with Gasteiger partial charge in [-0.05, 0) is 55.5 Å². The van der Waals surface area contributed by atoms with E-state index in [1.165, 1.54) is 0 Å². The van der Waals surface area contributed by atoms with E-state index in [1.54, 1.807) is 68.6 Å². The standard InChI is InChI=1S/C24H19NO6/c1-13-7-12-18(29-13)19-20-21(16-5-3-4-6-17(16)30-24(20)27)31-22(19)23(26)25-14-8-10-15(28-2)11-9-14/h3-12,19,22H,1-2H3,(H,25,26)/t19-,22-/m1/s1. The molecule has 1 N–H and O–H groups in total. The van der Waals surface area contributed by atoms with E-state index in [1.807, 2.05) is 6.07 Å². The number of carbonyl (C=O) groups is 1. The van der Waals surface area contributed by atoms with Gasteiger partial charge < -0.3 is 23.6 Å². The number of methoxy groups -OCH3 is 1. The van der Waals surface area contributed by atoms with Crippen molar-refractivity contribution in [1.82, 2.24) is 0 Å². The normalized spacial score (nSPS) is 17.2. The summed E-state index contributed by atoms with van der Waals surface area (Å²) in [5, 5.41) is 3.48. The number of fused-ring (bicyclic) bond motifs is 3. The van der Waals surface area contributed by atoms with E-state index in [2.05, 4.69) is 5.32 Å². The number of aryl methyl sites for hydroxylation is 1. The lowest BCUT2D eigenvalue weighted by atomic mass is 9.93. The summed E-state index contributed by atoms with van der Waals surface area (Å²) in [5.41, 5.74) is 0.712. The van der Waals surface area contributed by atoms with E-state index in [0.717, 1.165) is 0 Å². The number of furan rings is 1. The summed E-state index contributed by atoms with van der Waals surface area (Å²) in [5.74, 6) is 1.03. The fourth-order valence-corrected chi connectivity index (χ4v) is 3.88. The van der Waals surface area contributed by atoms with Gasteiger partial charge >= 0.3 is 5.63 Å². The molecule has 0 saturated carbocycles. The summed E-state index contributed by atoms with van der Waals surface area (Å²) in [7, 11) is 1.57.